The van der Waals surface area contributed by atoms with Crippen LogP contribution in [-0.2, 0) is 14.4 Å². The normalized spacial score (nSPS) is 18.1. The number of carbonyl (C=O) groups is 2. The van der Waals surface area contributed by atoms with Crippen molar-refractivity contribution >= 4 is 11.8 Å². The van der Waals surface area contributed by atoms with Gasteiger partial charge in [-0.2, -0.15) is 0 Å². The van der Waals surface area contributed by atoms with Crippen molar-refractivity contribution in [2.75, 3.05) is 13.2 Å². The lowest BCUT2D eigenvalue weighted by Crippen LogP contribution is -2.32. The second kappa shape index (κ2) is 3.45. The first kappa shape index (κ1) is 8.16. The molecule has 0 aromatic carbocycles. The van der Waals surface area contributed by atoms with Crippen molar-refractivity contribution in [3.05, 3.63) is 0 Å². The monoisotopic (exact) mass is 158 g/mol. The first-order valence-electron chi connectivity index (χ1n) is 3.40. The molecule has 0 unspecified atom stereocenters. The highest BCUT2D eigenvalue weighted by Gasteiger charge is 2.27. The molecule has 2 N–H and O–H groups in total. The molecule has 5 heteroatoms. The smallest absolute Gasteiger partial charge is 0.229 e. The van der Waals surface area contributed by atoms with Crippen LogP contribution in [0.25, 0.3) is 0 Å². The summed E-state index contributed by atoms with van der Waals surface area (Å²) in [7, 11) is 0. The molecule has 5 nitrogen and oxygen atoms in total. The Bertz CT molecular complexity index is 165. The van der Waals surface area contributed by atoms with Gasteiger partial charge in [-0.05, 0) is 0 Å². The Labute approximate surface area is 64.0 Å². The first-order valence-corrected chi connectivity index (χ1v) is 3.40. The summed E-state index contributed by atoms with van der Waals surface area (Å²) in [5.41, 5.74) is 0. The van der Waals surface area contributed by atoms with Gasteiger partial charge in [0.15, 0.2) is 0 Å². The zero-order chi connectivity index (χ0) is 8.27. The number of hydrogen-bond acceptors (Lipinski definition) is 4. The maximum Gasteiger partial charge on any atom is 0.229 e. The van der Waals surface area contributed by atoms with Crippen LogP contribution in [0, 0.1) is 0 Å². The van der Waals surface area contributed by atoms with E-state index in [1.54, 1.807) is 0 Å². The fourth-order valence-corrected chi connectivity index (χ4v) is 1.02. The summed E-state index contributed by atoms with van der Waals surface area (Å²) in [5, 5.41) is 0. The van der Waals surface area contributed by atoms with Gasteiger partial charge >= 0.3 is 0 Å². The number of imide groups is 1. The van der Waals surface area contributed by atoms with Gasteiger partial charge in [0.25, 0.3) is 0 Å². The van der Waals surface area contributed by atoms with Gasteiger partial charge in [0.05, 0.1) is 13.2 Å². The van der Waals surface area contributed by atoms with Crippen LogP contribution in [0.1, 0.15) is 12.8 Å². The molecule has 1 rings (SSSR count). The third kappa shape index (κ3) is 1.75. The standard InChI is InChI=1S/C6H10N2O3/c7-11-4-3-8-5(9)1-2-6(8)10/h1-4,7H2. The number of amides is 2. The number of likely N-dealkylation sites (tertiary alicyclic amines) is 1. The second-order valence-corrected chi connectivity index (χ2v) is 2.31. The largest absolute Gasteiger partial charge is 0.303 e. The van der Waals surface area contributed by atoms with Crippen LogP contribution in [0.15, 0.2) is 0 Å². The number of nitrogens with zero attached hydrogens (tertiary/aromatic N) is 1. The van der Waals surface area contributed by atoms with Gasteiger partial charge in [-0.15, -0.1) is 0 Å². The summed E-state index contributed by atoms with van der Waals surface area (Å²) in [6, 6.07) is 0. The van der Waals surface area contributed by atoms with Crippen LogP contribution in [0.2, 0.25) is 0 Å². The fourth-order valence-electron chi connectivity index (χ4n) is 1.02. The Morgan fingerprint density at radius 3 is 2.36 bits per heavy atom. The average molecular weight is 158 g/mol. The van der Waals surface area contributed by atoms with E-state index in [1.165, 1.54) is 4.90 Å². The Morgan fingerprint density at radius 2 is 1.91 bits per heavy atom. The number of hydrogen-bond donors (Lipinski definition) is 1. The van der Waals surface area contributed by atoms with Crippen molar-refractivity contribution < 1.29 is 14.4 Å². The number of carbonyl (C=O) groups excluding carboxylic acids is 2. The van der Waals surface area contributed by atoms with E-state index in [-0.39, 0.29) is 25.0 Å². The summed E-state index contributed by atoms with van der Waals surface area (Å²) >= 11 is 0. The minimum atomic E-state index is -0.132. The van der Waals surface area contributed by atoms with Crippen LogP contribution < -0.4 is 5.90 Å². The predicted molar refractivity (Wildman–Crippen MR) is 36.1 cm³/mol. The van der Waals surface area contributed by atoms with Crippen LogP contribution in [0.4, 0.5) is 0 Å². The summed E-state index contributed by atoms with van der Waals surface area (Å²) in [4.78, 5) is 27.2. The van der Waals surface area contributed by atoms with Gasteiger partial charge < -0.3 is 4.84 Å². The molecule has 62 valence electrons. The van der Waals surface area contributed by atoms with Gasteiger partial charge in [-0.1, -0.05) is 0 Å². The van der Waals surface area contributed by atoms with Crippen LogP contribution in [0.3, 0.4) is 0 Å². The molecule has 0 saturated carbocycles. The molecular weight excluding hydrogens is 148 g/mol. The van der Waals surface area contributed by atoms with Gasteiger partial charge in [-0.3, -0.25) is 14.5 Å². The van der Waals surface area contributed by atoms with Crippen molar-refractivity contribution in [2.24, 2.45) is 5.90 Å². The molecule has 1 aliphatic heterocycles. The first-order chi connectivity index (χ1) is 5.25. The SMILES string of the molecule is NOCCN1C(=O)CCC1=O. The van der Waals surface area contributed by atoms with E-state index in [2.05, 4.69) is 4.84 Å². The van der Waals surface area contributed by atoms with E-state index in [0.29, 0.717) is 12.8 Å². The van der Waals surface area contributed by atoms with Gasteiger partial charge in [0.1, 0.15) is 0 Å². The Balaban J connectivity index is 2.41. The lowest BCUT2D eigenvalue weighted by molar-refractivity contribution is -0.139. The summed E-state index contributed by atoms with van der Waals surface area (Å²) < 4.78 is 0. The molecule has 0 bridgehead atoms. The van der Waals surface area contributed by atoms with Crippen molar-refractivity contribution in [3.63, 3.8) is 0 Å². The summed E-state index contributed by atoms with van der Waals surface area (Å²) in [5.74, 6) is 4.48. The summed E-state index contributed by atoms with van der Waals surface area (Å²) in [6.45, 7) is 0.478. The predicted octanol–water partition coefficient (Wildman–Crippen LogP) is -0.974. The average Bonchev–Trinajstić information content (AvgIpc) is 2.29. The minimum absolute atomic E-state index is 0.132. The molecule has 1 saturated heterocycles. The number of rotatable bonds is 3. The van der Waals surface area contributed by atoms with Gasteiger partial charge in [0.2, 0.25) is 11.8 Å². The van der Waals surface area contributed by atoms with E-state index in [9.17, 15) is 9.59 Å². The third-order valence-corrected chi connectivity index (χ3v) is 1.59. The van der Waals surface area contributed by atoms with E-state index in [4.69, 9.17) is 5.90 Å². The molecule has 0 aromatic heterocycles. The molecule has 0 atom stereocenters. The van der Waals surface area contributed by atoms with Crippen molar-refractivity contribution in [3.8, 4) is 0 Å². The molecule has 0 aromatic rings. The molecule has 2 amide bonds. The van der Waals surface area contributed by atoms with E-state index >= 15 is 0 Å². The van der Waals surface area contributed by atoms with Crippen molar-refractivity contribution in [1.29, 1.82) is 0 Å². The Hall–Kier alpha value is -0.940. The van der Waals surface area contributed by atoms with Crippen molar-refractivity contribution in [1.82, 2.24) is 4.90 Å². The minimum Gasteiger partial charge on any atom is -0.303 e. The lowest BCUT2D eigenvalue weighted by Gasteiger charge is -2.11. The van der Waals surface area contributed by atoms with Gasteiger partial charge in [0, 0.05) is 12.8 Å². The van der Waals surface area contributed by atoms with Crippen LogP contribution in [0.5, 0.6) is 0 Å². The van der Waals surface area contributed by atoms with E-state index in [1.807, 2.05) is 0 Å². The zero-order valence-corrected chi connectivity index (χ0v) is 6.08. The quantitative estimate of drug-likeness (QED) is 0.423. The Morgan fingerprint density at radius 1 is 1.36 bits per heavy atom. The Kier molecular flexibility index (Phi) is 2.56. The topological polar surface area (TPSA) is 72.6 Å². The van der Waals surface area contributed by atoms with Crippen molar-refractivity contribution in [2.45, 2.75) is 12.8 Å². The number of nitrogens with two attached hydrogens (primary N) is 1. The zero-order valence-electron chi connectivity index (χ0n) is 6.08. The molecule has 0 radical (unpaired) electrons. The molecule has 1 aliphatic rings. The maximum absolute atomic E-state index is 10.9. The highest BCUT2D eigenvalue weighted by atomic mass is 16.6. The molecule has 1 fully saturated rings. The fraction of sp³-hybridized carbons (Fsp3) is 0.667. The lowest BCUT2D eigenvalue weighted by atomic mass is 10.4. The van der Waals surface area contributed by atoms with Gasteiger partial charge in [-0.25, -0.2) is 5.90 Å². The van der Waals surface area contributed by atoms with E-state index < -0.39 is 0 Å². The third-order valence-electron chi connectivity index (χ3n) is 1.59. The summed E-state index contributed by atoms with van der Waals surface area (Å²) in [6.07, 6.45) is 0.646. The van der Waals surface area contributed by atoms with Crippen LogP contribution in [-0.4, -0.2) is 29.9 Å². The maximum atomic E-state index is 10.9. The molecule has 11 heavy (non-hydrogen) atoms. The highest BCUT2D eigenvalue weighted by molar-refractivity contribution is 6.01. The molecule has 0 aliphatic carbocycles. The molecule has 1 heterocycles. The van der Waals surface area contributed by atoms with E-state index in [0.717, 1.165) is 0 Å². The second-order valence-electron chi connectivity index (χ2n) is 2.31. The molecular formula is C6H10N2O3. The highest BCUT2D eigenvalue weighted by Crippen LogP contribution is 2.10. The van der Waals surface area contributed by atoms with Crippen LogP contribution >= 0.6 is 0 Å². The molecule has 0 spiro atoms.